The lowest BCUT2D eigenvalue weighted by molar-refractivity contribution is -0.118. The van der Waals surface area contributed by atoms with E-state index in [2.05, 4.69) is 10.2 Å². The van der Waals surface area contributed by atoms with Crippen LogP contribution < -0.4 is 19.3 Å². The normalized spacial score (nSPS) is 14.0. The van der Waals surface area contributed by atoms with Gasteiger partial charge in [0.05, 0.1) is 17.1 Å². The van der Waals surface area contributed by atoms with Gasteiger partial charge in [-0.3, -0.25) is 9.10 Å². The van der Waals surface area contributed by atoms with Crippen LogP contribution in [0.5, 0.6) is 5.75 Å². The van der Waals surface area contributed by atoms with E-state index >= 15 is 0 Å². The molecule has 2 heterocycles. The average molecular weight is 486 g/mol. The second kappa shape index (κ2) is 10.3. The maximum atomic E-state index is 12.7. The molecule has 2 aromatic carbocycles. The number of anilines is 3. The topological polar surface area (TPSA) is 79.0 Å². The molecule has 0 saturated carbocycles. The molecular weight excluding hydrogens is 458 g/mol. The van der Waals surface area contributed by atoms with E-state index < -0.39 is 10.0 Å². The highest BCUT2D eigenvalue weighted by atomic mass is 32.2. The van der Waals surface area contributed by atoms with Crippen molar-refractivity contribution in [2.45, 2.75) is 23.5 Å². The van der Waals surface area contributed by atoms with Gasteiger partial charge in [-0.1, -0.05) is 18.2 Å². The molecule has 0 aliphatic carbocycles. The van der Waals surface area contributed by atoms with Crippen molar-refractivity contribution in [1.29, 1.82) is 0 Å². The zero-order valence-electron chi connectivity index (χ0n) is 18.4. The van der Waals surface area contributed by atoms with Crippen LogP contribution in [0.2, 0.25) is 0 Å². The van der Waals surface area contributed by atoms with Crippen molar-refractivity contribution in [1.82, 2.24) is 0 Å². The summed E-state index contributed by atoms with van der Waals surface area (Å²) in [5, 5.41) is 4.68. The lowest BCUT2D eigenvalue weighted by Gasteiger charge is -2.30. The summed E-state index contributed by atoms with van der Waals surface area (Å²) >= 11 is 1.18. The van der Waals surface area contributed by atoms with Crippen LogP contribution in [0, 0.1) is 0 Å². The van der Waals surface area contributed by atoms with Crippen LogP contribution in [0.1, 0.15) is 19.3 Å². The number of carbonyl (C=O) groups is 1. The fourth-order valence-electron chi connectivity index (χ4n) is 3.76. The third-order valence-corrected chi connectivity index (χ3v) is 8.71. The predicted octanol–water partition coefficient (Wildman–Crippen LogP) is 4.58. The molecule has 174 valence electrons. The van der Waals surface area contributed by atoms with E-state index in [0.717, 1.165) is 37.3 Å². The molecular formula is C24H27N3O4S2. The number of hydrogen-bond donors (Lipinski definition) is 1. The van der Waals surface area contributed by atoms with Crippen molar-refractivity contribution in [2.24, 2.45) is 0 Å². The fourth-order valence-corrected chi connectivity index (χ4v) is 6.12. The molecule has 33 heavy (non-hydrogen) atoms. The van der Waals surface area contributed by atoms with Gasteiger partial charge in [-0.2, -0.15) is 0 Å². The third-order valence-electron chi connectivity index (χ3n) is 5.55. The molecule has 9 heteroatoms. The van der Waals surface area contributed by atoms with Gasteiger partial charge in [-0.25, -0.2) is 8.42 Å². The number of sulfonamides is 1. The number of rotatable bonds is 8. The second-order valence-corrected chi connectivity index (χ2v) is 10.9. The van der Waals surface area contributed by atoms with E-state index in [4.69, 9.17) is 4.74 Å². The molecule has 0 bridgehead atoms. The molecule has 1 aliphatic heterocycles. The second-order valence-electron chi connectivity index (χ2n) is 7.80. The zero-order valence-corrected chi connectivity index (χ0v) is 20.1. The minimum Gasteiger partial charge on any atom is -0.484 e. The molecule has 0 unspecified atom stereocenters. The molecule has 0 spiro atoms. The summed E-state index contributed by atoms with van der Waals surface area (Å²) in [6.45, 7) is 1.84. The van der Waals surface area contributed by atoms with E-state index in [9.17, 15) is 13.2 Å². The van der Waals surface area contributed by atoms with E-state index in [-0.39, 0.29) is 16.7 Å². The Labute approximate surface area is 198 Å². The summed E-state index contributed by atoms with van der Waals surface area (Å²) in [5.41, 5.74) is 2.32. The fraction of sp³-hybridized carbons (Fsp3) is 0.292. The molecule has 7 nitrogen and oxygen atoms in total. The van der Waals surface area contributed by atoms with Crippen LogP contribution in [0.3, 0.4) is 0 Å². The van der Waals surface area contributed by atoms with Gasteiger partial charge >= 0.3 is 0 Å². The number of hydrogen-bond acceptors (Lipinski definition) is 6. The van der Waals surface area contributed by atoms with Crippen LogP contribution >= 0.6 is 11.3 Å². The van der Waals surface area contributed by atoms with Gasteiger partial charge in [0.25, 0.3) is 15.9 Å². The molecule has 1 saturated heterocycles. The van der Waals surface area contributed by atoms with Gasteiger partial charge in [0.2, 0.25) is 0 Å². The Hall–Kier alpha value is -3.04. The monoisotopic (exact) mass is 485 g/mol. The lowest BCUT2D eigenvalue weighted by atomic mass is 10.1. The number of carbonyl (C=O) groups excluding carboxylic acids is 1. The van der Waals surface area contributed by atoms with Crippen molar-refractivity contribution in [3.05, 3.63) is 66.0 Å². The maximum Gasteiger partial charge on any atom is 0.273 e. The van der Waals surface area contributed by atoms with Crippen LogP contribution in [0.4, 0.5) is 17.1 Å². The molecule has 1 aliphatic rings. The first-order valence-electron chi connectivity index (χ1n) is 10.8. The minimum atomic E-state index is -3.59. The molecule has 1 N–H and O–H groups in total. The summed E-state index contributed by atoms with van der Waals surface area (Å²) < 4.78 is 32.5. The number of ether oxygens (including phenoxy) is 1. The minimum absolute atomic E-state index is 0.142. The number of piperidine rings is 1. The molecule has 0 atom stereocenters. The summed E-state index contributed by atoms with van der Waals surface area (Å²) in [4.78, 5) is 14.8. The molecule has 3 aromatic rings. The van der Waals surface area contributed by atoms with Crippen LogP contribution in [0.25, 0.3) is 0 Å². The van der Waals surface area contributed by atoms with Crippen molar-refractivity contribution in [2.75, 3.05) is 41.3 Å². The third kappa shape index (κ3) is 5.48. The highest BCUT2D eigenvalue weighted by molar-refractivity contribution is 7.94. The summed E-state index contributed by atoms with van der Waals surface area (Å²) in [6.07, 6.45) is 3.56. The van der Waals surface area contributed by atoms with Crippen molar-refractivity contribution in [3.8, 4) is 5.75 Å². The number of amides is 1. The first-order chi connectivity index (χ1) is 15.9. The Balaban J connectivity index is 1.35. The number of para-hydroxylation sites is 2. The van der Waals surface area contributed by atoms with Gasteiger partial charge in [0.15, 0.2) is 6.61 Å². The smallest absolute Gasteiger partial charge is 0.273 e. The Kier molecular flexibility index (Phi) is 7.20. The van der Waals surface area contributed by atoms with Gasteiger partial charge in [0, 0.05) is 20.1 Å². The molecule has 1 amide bonds. The summed E-state index contributed by atoms with van der Waals surface area (Å²) in [5.74, 6) is 0.237. The van der Waals surface area contributed by atoms with E-state index in [1.807, 2.05) is 24.3 Å². The number of benzene rings is 2. The van der Waals surface area contributed by atoms with Gasteiger partial charge in [-0.05, 0) is 67.1 Å². The van der Waals surface area contributed by atoms with Crippen LogP contribution in [-0.4, -0.2) is 41.1 Å². The van der Waals surface area contributed by atoms with Crippen molar-refractivity contribution >= 4 is 44.3 Å². The van der Waals surface area contributed by atoms with Crippen molar-refractivity contribution in [3.63, 3.8) is 0 Å². The van der Waals surface area contributed by atoms with Gasteiger partial charge in [0.1, 0.15) is 9.96 Å². The Bertz CT molecular complexity index is 1170. The molecule has 1 aromatic heterocycles. The lowest BCUT2D eigenvalue weighted by Crippen LogP contribution is -2.30. The first kappa shape index (κ1) is 23.1. The quantitative estimate of drug-likeness (QED) is 0.505. The summed E-state index contributed by atoms with van der Waals surface area (Å²) in [7, 11) is -2.08. The Morgan fingerprint density at radius 2 is 1.76 bits per heavy atom. The summed E-state index contributed by atoms with van der Waals surface area (Å²) in [6, 6.07) is 17.7. The molecule has 4 rings (SSSR count). The van der Waals surface area contributed by atoms with E-state index in [0.29, 0.717) is 11.4 Å². The predicted molar refractivity (Wildman–Crippen MR) is 133 cm³/mol. The molecule has 0 radical (unpaired) electrons. The SMILES string of the molecule is CN(c1ccc(OCC(=O)Nc2ccccc2N2CCCCC2)cc1)S(=O)(=O)c1cccs1. The highest BCUT2D eigenvalue weighted by Gasteiger charge is 2.22. The van der Waals surface area contributed by atoms with Crippen molar-refractivity contribution < 1.29 is 17.9 Å². The van der Waals surface area contributed by atoms with Crippen LogP contribution in [0.15, 0.2) is 70.3 Å². The number of thiophene rings is 1. The van der Waals surface area contributed by atoms with Gasteiger partial charge in [-0.15, -0.1) is 11.3 Å². The van der Waals surface area contributed by atoms with Gasteiger partial charge < -0.3 is 15.0 Å². The highest BCUT2D eigenvalue weighted by Crippen LogP contribution is 2.29. The standard InChI is InChI=1S/C24H27N3O4S2/c1-26(33(29,30)24-10-7-17-32-24)19-11-13-20(14-12-19)31-18-23(28)25-21-8-3-4-9-22(21)27-15-5-2-6-16-27/h3-4,7-14,17H,2,5-6,15-16,18H2,1H3,(H,25,28). The number of nitrogens with one attached hydrogen (secondary N) is 1. The van der Waals surface area contributed by atoms with Crippen LogP contribution in [-0.2, 0) is 14.8 Å². The van der Waals surface area contributed by atoms with E-state index in [1.165, 1.54) is 29.1 Å². The maximum absolute atomic E-state index is 12.7. The number of nitrogens with zero attached hydrogens (tertiary/aromatic N) is 2. The van der Waals surface area contributed by atoms with E-state index in [1.54, 1.807) is 41.8 Å². The first-order valence-corrected chi connectivity index (χ1v) is 13.2. The Morgan fingerprint density at radius 1 is 1.03 bits per heavy atom. The largest absolute Gasteiger partial charge is 0.484 e. The zero-order chi connectivity index (χ0) is 23.3. The Morgan fingerprint density at radius 3 is 2.45 bits per heavy atom. The molecule has 1 fully saturated rings. The average Bonchev–Trinajstić information content (AvgIpc) is 3.40.